The molecule has 0 saturated carbocycles. The molecule has 0 spiro atoms. The fraction of sp³-hybridized carbons (Fsp3) is 0.0357. The van der Waals surface area contributed by atoms with Gasteiger partial charge in [-0.25, -0.2) is 10.2 Å². The summed E-state index contributed by atoms with van der Waals surface area (Å²) in [7, 11) is -7.89. The normalized spacial score (nSPS) is 12.7. The van der Waals surface area contributed by atoms with Crippen molar-refractivity contribution in [3.05, 3.63) is 72.8 Å². The summed E-state index contributed by atoms with van der Waals surface area (Å²) in [5.41, 5.74) is 6.63. The van der Waals surface area contributed by atoms with Gasteiger partial charge in [0.15, 0.2) is 12.2 Å². The number of fused-ring (bicyclic) bond motifs is 2. The van der Waals surface area contributed by atoms with Crippen molar-refractivity contribution in [2.75, 3.05) is 12.8 Å². The number of anilines is 1. The van der Waals surface area contributed by atoms with Gasteiger partial charge in [0.05, 0.1) is 57.4 Å². The molecule has 20 heteroatoms. The summed E-state index contributed by atoms with van der Waals surface area (Å²) in [6.07, 6.45) is 1.28. The number of nitrogens with two attached hydrogens (primary N) is 1. The van der Waals surface area contributed by atoms with Crippen LogP contribution in [-0.2, 0) is 34.3 Å². The fourth-order valence-corrected chi connectivity index (χ4v) is 6.03. The fourth-order valence-electron chi connectivity index (χ4n) is 4.39. The number of methoxy groups -OCH3 is 1. The van der Waals surface area contributed by atoms with Crippen molar-refractivity contribution in [1.29, 1.82) is 0 Å². The number of aromatic hydroxyl groups is 1. The van der Waals surface area contributed by atoms with Crippen LogP contribution < -0.4 is 5.73 Å². The van der Waals surface area contributed by atoms with E-state index in [4.69, 9.17) is 15.7 Å². The summed E-state index contributed by atoms with van der Waals surface area (Å²) >= 11 is 0.367. The van der Waals surface area contributed by atoms with Gasteiger partial charge in [0.25, 0.3) is 20.2 Å². The molecule has 0 saturated heterocycles. The zero-order valence-corrected chi connectivity index (χ0v) is 26.6. The first-order valence-corrected chi connectivity index (χ1v) is 16.7. The molecule has 6 N–H and O–H groups in total. The summed E-state index contributed by atoms with van der Waals surface area (Å²) in [4.78, 5) is 2.96. The van der Waals surface area contributed by atoms with Crippen molar-refractivity contribution in [1.82, 2.24) is 0 Å². The van der Waals surface area contributed by atoms with Crippen LogP contribution in [0.4, 0.5) is 34.1 Å². The Hall–Kier alpha value is -5.06. The van der Waals surface area contributed by atoms with E-state index in [9.17, 15) is 31.0 Å². The Balaban J connectivity index is 1.62. The highest BCUT2D eigenvalue weighted by Crippen LogP contribution is 2.46. The Morgan fingerprint density at radius 2 is 1.44 bits per heavy atom. The Labute approximate surface area is 275 Å². The Morgan fingerprint density at radius 1 is 0.771 bits per heavy atom. The molecular weight excluding hydrogens is 693 g/mol. The SMILES string of the molecule is CO/C=N\c1ccc(N=Nc2ccc(N=Nc3c(SOOO)cc4cc(S(=O)(=O)O)c(N)cc4c3O)c3cc(S(=O)(=O)O)ccc23)cc1. The van der Waals surface area contributed by atoms with Crippen LogP contribution in [0.2, 0.25) is 0 Å². The number of nitrogen functional groups attached to an aromatic ring is 1. The predicted molar refractivity (Wildman–Crippen MR) is 174 cm³/mol. The third kappa shape index (κ3) is 7.56. The van der Waals surface area contributed by atoms with Crippen molar-refractivity contribution in [3.8, 4) is 5.75 Å². The number of benzene rings is 5. The molecule has 248 valence electrons. The molecule has 0 aromatic heterocycles. The van der Waals surface area contributed by atoms with Crippen molar-refractivity contribution >= 4 is 94.3 Å². The van der Waals surface area contributed by atoms with Crippen molar-refractivity contribution in [2.45, 2.75) is 14.7 Å². The maximum atomic E-state index is 12.0. The maximum absolute atomic E-state index is 12.0. The molecule has 0 unspecified atom stereocenters. The molecule has 0 fully saturated rings. The van der Waals surface area contributed by atoms with Crippen LogP contribution in [0.15, 0.2) is 113 Å². The Kier molecular flexibility index (Phi) is 9.98. The van der Waals surface area contributed by atoms with Crippen molar-refractivity contribution < 1.29 is 50.4 Å². The summed E-state index contributed by atoms with van der Waals surface area (Å²) in [6, 6.07) is 16.8. The highest BCUT2D eigenvalue weighted by Gasteiger charge is 2.21. The molecule has 0 atom stereocenters. The van der Waals surface area contributed by atoms with Crippen molar-refractivity contribution in [3.63, 3.8) is 0 Å². The van der Waals surface area contributed by atoms with Crippen LogP contribution in [0.1, 0.15) is 0 Å². The number of aliphatic imine (C=N–C) groups is 1. The van der Waals surface area contributed by atoms with E-state index in [0.717, 1.165) is 18.2 Å². The lowest BCUT2D eigenvalue weighted by molar-refractivity contribution is -0.432. The number of nitrogens with zero attached hydrogens (tertiary/aromatic N) is 5. The number of phenolic OH excluding ortho intramolecular Hbond substituents is 1. The first-order chi connectivity index (χ1) is 22.8. The van der Waals surface area contributed by atoms with Gasteiger partial charge in [-0.3, -0.25) is 9.11 Å². The zero-order valence-electron chi connectivity index (χ0n) is 24.2. The number of hydrogen-bond acceptors (Lipinski definition) is 16. The lowest BCUT2D eigenvalue weighted by Crippen LogP contribution is -2.03. The number of hydrogen-bond donors (Lipinski definition) is 5. The maximum Gasteiger partial charge on any atom is 0.296 e. The average Bonchev–Trinajstić information content (AvgIpc) is 3.04. The van der Waals surface area contributed by atoms with E-state index in [1.54, 1.807) is 24.3 Å². The van der Waals surface area contributed by atoms with Gasteiger partial charge in [0.1, 0.15) is 10.6 Å². The van der Waals surface area contributed by atoms with Gasteiger partial charge in [-0.1, -0.05) is 11.1 Å². The molecule has 0 aliphatic rings. The summed E-state index contributed by atoms with van der Waals surface area (Å²) in [6.45, 7) is 0. The van der Waals surface area contributed by atoms with E-state index in [-0.39, 0.29) is 38.1 Å². The van der Waals surface area contributed by atoms with Gasteiger partial charge in [0.2, 0.25) is 0 Å². The van der Waals surface area contributed by atoms with E-state index in [1.165, 1.54) is 43.8 Å². The number of azo groups is 2. The van der Waals surface area contributed by atoms with E-state index >= 15 is 0 Å². The van der Waals surface area contributed by atoms with Crippen molar-refractivity contribution in [2.24, 2.45) is 25.4 Å². The number of phenols is 1. The summed E-state index contributed by atoms with van der Waals surface area (Å²) < 4.78 is 76.0. The Morgan fingerprint density at radius 3 is 2.08 bits per heavy atom. The van der Waals surface area contributed by atoms with Crippen LogP contribution in [0, 0.1) is 0 Å². The molecule has 0 radical (unpaired) electrons. The predicted octanol–water partition coefficient (Wildman–Crippen LogP) is 7.34. The third-order valence-electron chi connectivity index (χ3n) is 6.54. The van der Waals surface area contributed by atoms with Crippen LogP contribution in [0.5, 0.6) is 5.75 Å². The first-order valence-electron chi connectivity index (χ1n) is 13.0. The number of rotatable bonds is 11. The first kappa shape index (κ1) is 34.3. The Bertz CT molecular complexity index is 2350. The van der Waals surface area contributed by atoms with Crippen LogP contribution in [0.3, 0.4) is 0 Å². The number of ether oxygens (including phenoxy) is 1. The molecule has 0 amide bonds. The lowest BCUT2D eigenvalue weighted by Gasteiger charge is -2.11. The quantitative estimate of drug-likeness (QED) is 0.0131. The van der Waals surface area contributed by atoms with Gasteiger partial charge < -0.3 is 15.6 Å². The minimum Gasteiger partial charge on any atom is -0.505 e. The molecule has 0 bridgehead atoms. The van der Waals surface area contributed by atoms with Gasteiger partial charge in [-0.2, -0.15) is 21.9 Å². The highest BCUT2D eigenvalue weighted by molar-refractivity contribution is 7.94. The van der Waals surface area contributed by atoms with Gasteiger partial charge in [-0.15, -0.1) is 19.7 Å². The molecule has 5 aromatic carbocycles. The zero-order chi connectivity index (χ0) is 34.6. The topological polar surface area (TPSA) is 265 Å². The van der Waals surface area contributed by atoms with E-state index in [1.807, 2.05) is 0 Å². The van der Waals surface area contributed by atoms with Gasteiger partial charge in [-0.05, 0) is 72.1 Å². The lowest BCUT2D eigenvalue weighted by atomic mass is 10.1. The smallest absolute Gasteiger partial charge is 0.296 e. The largest absolute Gasteiger partial charge is 0.505 e. The molecule has 48 heavy (non-hydrogen) atoms. The second kappa shape index (κ2) is 14.0. The summed E-state index contributed by atoms with van der Waals surface area (Å²) in [5.74, 6) is -0.554. The van der Waals surface area contributed by atoms with E-state index in [0.29, 0.717) is 34.5 Å². The van der Waals surface area contributed by atoms with Crippen LogP contribution in [-0.4, -0.2) is 49.8 Å². The molecule has 0 aliphatic carbocycles. The summed E-state index contributed by atoms with van der Waals surface area (Å²) in [5, 5.41) is 40.9. The third-order valence-corrected chi connectivity index (χ3v) is 8.92. The molecule has 17 nitrogen and oxygen atoms in total. The minimum atomic E-state index is -4.72. The average molecular weight is 715 g/mol. The molecule has 5 rings (SSSR count). The molecule has 5 aromatic rings. The molecule has 0 aliphatic heterocycles. The minimum absolute atomic E-state index is 0.0101. The van der Waals surface area contributed by atoms with E-state index in [2.05, 4.69) is 34.8 Å². The van der Waals surface area contributed by atoms with Crippen LogP contribution >= 0.6 is 12.0 Å². The second-order valence-corrected chi connectivity index (χ2v) is 13.1. The van der Waals surface area contributed by atoms with Gasteiger partial charge in [0, 0.05) is 16.2 Å². The van der Waals surface area contributed by atoms with E-state index < -0.39 is 35.8 Å². The second-order valence-electron chi connectivity index (χ2n) is 9.56. The monoisotopic (exact) mass is 714 g/mol. The van der Waals surface area contributed by atoms with Crippen LogP contribution in [0.25, 0.3) is 21.5 Å². The molecular formula is C28H22N6O11S3. The van der Waals surface area contributed by atoms with Gasteiger partial charge >= 0.3 is 0 Å². The molecule has 0 heterocycles. The highest BCUT2D eigenvalue weighted by atomic mass is 32.2. The standard InChI is InChI=1S/C28H22N6O11S3/c1-43-14-30-16-2-4-17(5-3-16)31-32-23-8-9-24(21-12-18(47(37,38)39)6-7-19(21)23)33-34-27-25(46-45-44-36)10-15-11-26(48(40,41)42)22(29)13-20(15)28(27)35/h2-14,35-36H,29H2,1H3,(H,37,38,39)(H,40,41,42)/b30-14-,32-31?,34-33?.